The third-order valence-electron chi connectivity index (χ3n) is 3.28. The number of halogens is 1. The van der Waals surface area contributed by atoms with Gasteiger partial charge in [-0.2, -0.15) is 0 Å². The van der Waals surface area contributed by atoms with Crippen LogP contribution in [-0.4, -0.2) is 14.3 Å². The Morgan fingerprint density at radius 3 is 2.20 bits per heavy atom. The van der Waals surface area contributed by atoms with E-state index in [1.54, 1.807) is 13.8 Å². The van der Waals surface area contributed by atoms with E-state index in [1.165, 1.54) is 12.1 Å². The molecule has 1 N–H and O–H groups in total. The monoisotopic (exact) mass is 317 g/mol. The van der Waals surface area contributed by atoms with Crippen molar-refractivity contribution in [2.45, 2.75) is 45.4 Å². The summed E-state index contributed by atoms with van der Waals surface area (Å²) in [5.74, 6) is 0.255. The Balaban J connectivity index is 3.01. The largest absolute Gasteiger partial charge is 0.326 e. The van der Waals surface area contributed by atoms with E-state index < -0.39 is 9.05 Å². The first-order chi connectivity index (χ1) is 9.15. The Kier molecular flexibility index (Phi) is 5.59. The predicted octanol–water partition coefficient (Wildman–Crippen LogP) is 3.61. The third-order valence-corrected chi connectivity index (χ3v) is 4.62. The fourth-order valence-electron chi connectivity index (χ4n) is 1.91. The molecular weight excluding hydrogens is 298 g/mol. The maximum Gasteiger partial charge on any atom is 0.261 e. The van der Waals surface area contributed by atoms with Gasteiger partial charge in [-0.3, -0.25) is 4.79 Å². The molecule has 0 aliphatic rings. The van der Waals surface area contributed by atoms with Crippen LogP contribution in [0.25, 0.3) is 0 Å². The van der Waals surface area contributed by atoms with Crippen LogP contribution in [0.15, 0.2) is 17.0 Å². The molecule has 0 saturated carbocycles. The minimum Gasteiger partial charge on any atom is -0.326 e. The number of aryl methyl sites for hydroxylation is 2. The van der Waals surface area contributed by atoms with Crippen molar-refractivity contribution in [3.8, 4) is 0 Å². The highest BCUT2D eigenvalue weighted by Gasteiger charge is 2.16. The summed E-state index contributed by atoms with van der Waals surface area (Å²) in [6.07, 6.45) is 1.39. The van der Waals surface area contributed by atoms with Gasteiger partial charge < -0.3 is 5.32 Å². The van der Waals surface area contributed by atoms with Crippen molar-refractivity contribution in [1.29, 1.82) is 0 Å². The lowest BCUT2D eigenvalue weighted by molar-refractivity contribution is -0.117. The Labute approximate surface area is 124 Å². The second-order valence-corrected chi connectivity index (χ2v) is 7.70. The molecule has 0 radical (unpaired) electrons. The molecule has 1 atom stereocenters. The first kappa shape index (κ1) is 17.0. The molecule has 0 aromatic heterocycles. The Bertz CT molecular complexity index is 588. The highest BCUT2D eigenvalue weighted by atomic mass is 35.7. The fraction of sp³-hybridized carbons (Fsp3) is 0.500. The average molecular weight is 318 g/mol. The number of rotatable bonds is 5. The zero-order chi connectivity index (χ0) is 15.5. The van der Waals surface area contributed by atoms with Crippen molar-refractivity contribution in [1.82, 2.24) is 0 Å². The van der Waals surface area contributed by atoms with Crippen molar-refractivity contribution < 1.29 is 13.2 Å². The van der Waals surface area contributed by atoms with E-state index in [-0.39, 0.29) is 10.8 Å². The maximum absolute atomic E-state index is 11.9. The van der Waals surface area contributed by atoms with Gasteiger partial charge in [-0.25, -0.2) is 8.42 Å². The van der Waals surface area contributed by atoms with E-state index >= 15 is 0 Å². The van der Waals surface area contributed by atoms with Crippen LogP contribution in [0.1, 0.15) is 37.8 Å². The molecule has 1 aromatic rings. The molecule has 0 heterocycles. The summed E-state index contributed by atoms with van der Waals surface area (Å²) < 4.78 is 22.7. The summed E-state index contributed by atoms with van der Waals surface area (Å²) in [5, 5.41) is 2.85. The number of benzene rings is 1. The SMILES string of the molecule is CCC(C)CC(=O)Nc1c(C)cc(S(=O)(=O)Cl)cc1C. The number of amides is 1. The smallest absolute Gasteiger partial charge is 0.261 e. The lowest BCUT2D eigenvalue weighted by atomic mass is 10.0. The molecule has 20 heavy (non-hydrogen) atoms. The number of nitrogens with one attached hydrogen (secondary N) is 1. The first-order valence-electron chi connectivity index (χ1n) is 6.51. The number of carbonyl (C=O) groups excluding carboxylic acids is 1. The van der Waals surface area contributed by atoms with Crippen molar-refractivity contribution in [3.63, 3.8) is 0 Å². The maximum atomic E-state index is 11.9. The second kappa shape index (κ2) is 6.59. The molecule has 0 bridgehead atoms. The highest BCUT2D eigenvalue weighted by Crippen LogP contribution is 2.26. The topological polar surface area (TPSA) is 63.2 Å². The molecular formula is C14H20ClNO3S. The number of hydrogen-bond acceptors (Lipinski definition) is 3. The van der Waals surface area contributed by atoms with Gasteiger partial charge in [0.15, 0.2) is 0 Å². The van der Waals surface area contributed by atoms with Crippen LogP contribution in [0.4, 0.5) is 5.69 Å². The number of hydrogen-bond donors (Lipinski definition) is 1. The van der Waals surface area contributed by atoms with Crippen molar-refractivity contribution in [2.24, 2.45) is 5.92 Å². The normalized spacial score (nSPS) is 13.1. The van der Waals surface area contributed by atoms with Gasteiger partial charge in [0.2, 0.25) is 5.91 Å². The first-order valence-corrected chi connectivity index (χ1v) is 8.81. The Hall–Kier alpha value is -1.07. The third kappa shape index (κ3) is 4.49. The van der Waals surface area contributed by atoms with Crippen molar-refractivity contribution in [3.05, 3.63) is 23.3 Å². The van der Waals surface area contributed by atoms with Crippen LogP contribution in [0.2, 0.25) is 0 Å². The van der Waals surface area contributed by atoms with E-state index in [0.717, 1.165) is 6.42 Å². The molecule has 1 rings (SSSR count). The van der Waals surface area contributed by atoms with Gasteiger partial charge in [-0.15, -0.1) is 0 Å². The van der Waals surface area contributed by atoms with Crippen LogP contribution in [0.5, 0.6) is 0 Å². The average Bonchev–Trinajstić information content (AvgIpc) is 2.32. The van der Waals surface area contributed by atoms with Gasteiger partial charge in [0, 0.05) is 22.8 Å². The minimum absolute atomic E-state index is 0.0501. The number of carbonyl (C=O) groups is 1. The summed E-state index contributed by atoms with van der Waals surface area (Å²) in [5.41, 5.74) is 2.02. The second-order valence-electron chi connectivity index (χ2n) is 5.14. The van der Waals surface area contributed by atoms with Crippen LogP contribution in [0, 0.1) is 19.8 Å². The zero-order valence-corrected chi connectivity index (χ0v) is 13.7. The summed E-state index contributed by atoms with van der Waals surface area (Å²) in [6.45, 7) is 7.55. The molecule has 0 aliphatic carbocycles. The van der Waals surface area contributed by atoms with Crippen molar-refractivity contribution in [2.75, 3.05) is 5.32 Å². The molecule has 4 nitrogen and oxygen atoms in total. The molecule has 112 valence electrons. The van der Waals surface area contributed by atoms with E-state index in [4.69, 9.17) is 10.7 Å². The van der Waals surface area contributed by atoms with Crippen LogP contribution < -0.4 is 5.32 Å². The van der Waals surface area contributed by atoms with Gasteiger partial charge in [0.05, 0.1) is 4.90 Å². The number of anilines is 1. The van der Waals surface area contributed by atoms with Crippen LogP contribution in [0.3, 0.4) is 0 Å². The standard InChI is InChI=1S/C14H20ClNO3S/c1-5-9(2)6-13(17)16-14-10(3)7-12(8-11(14)4)20(15,18)19/h7-9H,5-6H2,1-4H3,(H,16,17). The van der Waals surface area contributed by atoms with E-state index in [1.807, 2.05) is 13.8 Å². The zero-order valence-electron chi connectivity index (χ0n) is 12.2. The van der Waals surface area contributed by atoms with Crippen LogP contribution >= 0.6 is 10.7 Å². The minimum atomic E-state index is -3.76. The lowest BCUT2D eigenvalue weighted by Crippen LogP contribution is -2.16. The summed E-state index contributed by atoms with van der Waals surface area (Å²) in [7, 11) is 1.58. The molecule has 6 heteroatoms. The molecule has 0 fully saturated rings. The summed E-state index contributed by atoms with van der Waals surface area (Å²) in [4.78, 5) is 12.0. The Morgan fingerprint density at radius 2 is 1.80 bits per heavy atom. The van der Waals surface area contributed by atoms with Gasteiger partial charge in [0.25, 0.3) is 9.05 Å². The van der Waals surface area contributed by atoms with Gasteiger partial charge in [0.1, 0.15) is 0 Å². The lowest BCUT2D eigenvalue weighted by Gasteiger charge is -2.14. The highest BCUT2D eigenvalue weighted by molar-refractivity contribution is 8.13. The van der Waals surface area contributed by atoms with E-state index in [9.17, 15) is 13.2 Å². The molecule has 1 aromatic carbocycles. The molecule has 0 saturated heterocycles. The van der Waals surface area contributed by atoms with E-state index in [2.05, 4.69) is 5.32 Å². The van der Waals surface area contributed by atoms with Crippen LogP contribution in [-0.2, 0) is 13.8 Å². The quantitative estimate of drug-likeness (QED) is 0.844. The van der Waals surface area contributed by atoms with E-state index in [0.29, 0.717) is 29.2 Å². The fourth-order valence-corrected chi connectivity index (χ4v) is 2.82. The Morgan fingerprint density at radius 1 is 1.30 bits per heavy atom. The van der Waals surface area contributed by atoms with Gasteiger partial charge in [-0.05, 0) is 43.0 Å². The van der Waals surface area contributed by atoms with Gasteiger partial charge >= 0.3 is 0 Å². The van der Waals surface area contributed by atoms with Crippen molar-refractivity contribution >= 4 is 31.3 Å². The molecule has 1 unspecified atom stereocenters. The predicted molar refractivity (Wildman–Crippen MR) is 81.7 cm³/mol. The molecule has 1 amide bonds. The summed E-state index contributed by atoms with van der Waals surface area (Å²) in [6, 6.07) is 2.93. The molecule has 0 aliphatic heterocycles. The van der Waals surface area contributed by atoms with Gasteiger partial charge in [-0.1, -0.05) is 20.3 Å². The summed E-state index contributed by atoms with van der Waals surface area (Å²) >= 11 is 0. The molecule has 0 spiro atoms.